The molecule has 0 spiro atoms. The molecule has 0 saturated carbocycles. The smallest absolute Gasteiger partial charge is 0.322 e. The average molecular weight is 451 g/mol. The summed E-state index contributed by atoms with van der Waals surface area (Å²) in [4.78, 5) is 32.9. The van der Waals surface area contributed by atoms with E-state index in [4.69, 9.17) is 9.47 Å². The van der Waals surface area contributed by atoms with Crippen LogP contribution in [0.25, 0.3) is 10.9 Å². The van der Waals surface area contributed by atoms with E-state index in [9.17, 15) is 9.59 Å². The van der Waals surface area contributed by atoms with Gasteiger partial charge in [-0.15, -0.1) is 0 Å². The monoisotopic (exact) mass is 450 g/mol. The van der Waals surface area contributed by atoms with Crippen molar-refractivity contribution in [1.82, 2.24) is 14.8 Å². The predicted octanol–water partition coefficient (Wildman–Crippen LogP) is 3.21. The number of fused-ring (bicyclic) bond motifs is 1. The molecule has 2 aromatic carbocycles. The third kappa shape index (κ3) is 5.91. The van der Waals surface area contributed by atoms with Crippen LogP contribution in [0.2, 0.25) is 0 Å². The fourth-order valence-corrected chi connectivity index (χ4v) is 3.91. The molecule has 174 valence electrons. The van der Waals surface area contributed by atoms with Crippen molar-refractivity contribution in [3.63, 3.8) is 0 Å². The van der Waals surface area contributed by atoms with Crippen molar-refractivity contribution in [2.75, 3.05) is 51.8 Å². The van der Waals surface area contributed by atoms with Gasteiger partial charge in [0.1, 0.15) is 5.75 Å². The number of carbonyl (C=O) groups excluding carboxylic acids is 1. The van der Waals surface area contributed by atoms with Gasteiger partial charge in [-0.25, -0.2) is 4.79 Å². The third-order valence-corrected chi connectivity index (χ3v) is 5.86. The number of nitrogens with zero attached hydrogens (tertiary/aromatic N) is 2. The molecule has 0 atom stereocenters. The molecule has 8 nitrogen and oxygen atoms in total. The Hall–Kier alpha value is -3.36. The lowest BCUT2D eigenvalue weighted by molar-refractivity contribution is 0.0349. The highest BCUT2D eigenvalue weighted by molar-refractivity contribution is 5.89. The number of hydrogen-bond acceptors (Lipinski definition) is 5. The lowest BCUT2D eigenvalue weighted by atomic mass is 10.1. The summed E-state index contributed by atoms with van der Waals surface area (Å²) in [6.45, 7) is 6.50. The Balaban J connectivity index is 1.54. The van der Waals surface area contributed by atoms with Crippen LogP contribution in [-0.2, 0) is 11.3 Å². The number of methoxy groups -OCH3 is 1. The summed E-state index contributed by atoms with van der Waals surface area (Å²) in [5, 5.41) is 3.90. The van der Waals surface area contributed by atoms with Crippen LogP contribution in [0.15, 0.2) is 53.3 Å². The molecule has 2 N–H and O–H groups in total. The van der Waals surface area contributed by atoms with Crippen molar-refractivity contribution in [1.29, 1.82) is 0 Å². The molecule has 1 aliphatic rings. The fraction of sp³-hybridized carbons (Fsp3) is 0.360. The summed E-state index contributed by atoms with van der Waals surface area (Å²) in [7, 11) is 1.60. The maximum absolute atomic E-state index is 13.2. The Morgan fingerprint density at radius 1 is 1.15 bits per heavy atom. The van der Waals surface area contributed by atoms with Crippen molar-refractivity contribution in [3.05, 3.63) is 70.0 Å². The first-order chi connectivity index (χ1) is 16.0. The van der Waals surface area contributed by atoms with E-state index in [0.717, 1.165) is 35.3 Å². The number of nitrogens with one attached hydrogen (secondary N) is 2. The summed E-state index contributed by atoms with van der Waals surface area (Å²) in [5.74, 6) is 0.718. The molecule has 0 aliphatic carbocycles. The number of ether oxygens (including phenoxy) is 2. The van der Waals surface area contributed by atoms with Crippen LogP contribution >= 0.6 is 0 Å². The SMILES string of the molecule is COc1ccc(NC(=O)N(CCN2CCOCC2)Cc2cc3cc(C)ccc3[nH]c2=O)cc1. The van der Waals surface area contributed by atoms with Crippen molar-refractivity contribution in [2.24, 2.45) is 0 Å². The molecule has 0 bridgehead atoms. The van der Waals surface area contributed by atoms with E-state index < -0.39 is 0 Å². The number of aryl methyl sites for hydroxylation is 1. The van der Waals surface area contributed by atoms with Gasteiger partial charge in [0.05, 0.1) is 26.9 Å². The van der Waals surface area contributed by atoms with Gasteiger partial charge in [0.15, 0.2) is 0 Å². The summed E-state index contributed by atoms with van der Waals surface area (Å²) in [6.07, 6.45) is 0. The van der Waals surface area contributed by atoms with E-state index in [2.05, 4.69) is 15.2 Å². The Morgan fingerprint density at radius 2 is 1.91 bits per heavy atom. The Morgan fingerprint density at radius 3 is 2.64 bits per heavy atom. The lowest BCUT2D eigenvalue weighted by Crippen LogP contribution is -2.44. The molecular formula is C25H30N4O4. The number of rotatable bonds is 7. The number of hydrogen-bond donors (Lipinski definition) is 2. The summed E-state index contributed by atoms with van der Waals surface area (Å²) in [6, 6.07) is 14.7. The number of aromatic nitrogens is 1. The zero-order valence-electron chi connectivity index (χ0n) is 19.1. The first-order valence-electron chi connectivity index (χ1n) is 11.1. The molecule has 2 amide bonds. The van der Waals surface area contributed by atoms with Crippen molar-refractivity contribution < 1.29 is 14.3 Å². The third-order valence-electron chi connectivity index (χ3n) is 5.86. The maximum Gasteiger partial charge on any atom is 0.322 e. The molecule has 1 fully saturated rings. The zero-order chi connectivity index (χ0) is 23.2. The molecule has 0 unspecified atom stereocenters. The van der Waals surface area contributed by atoms with Crippen LogP contribution in [0, 0.1) is 6.92 Å². The largest absolute Gasteiger partial charge is 0.497 e. The van der Waals surface area contributed by atoms with Crippen LogP contribution in [0.5, 0.6) is 5.75 Å². The number of urea groups is 1. The van der Waals surface area contributed by atoms with E-state index in [0.29, 0.717) is 37.6 Å². The number of amides is 2. The normalized spacial score (nSPS) is 14.2. The number of anilines is 1. The number of carbonyl (C=O) groups is 1. The standard InChI is InChI=1S/C25H30N4O4/c1-18-3-8-23-19(15-18)16-20(24(30)27-23)17-29(10-9-28-11-13-33-14-12-28)25(31)26-21-4-6-22(32-2)7-5-21/h3-8,15-16H,9-14,17H2,1-2H3,(H,26,31)(H,27,30). The highest BCUT2D eigenvalue weighted by Gasteiger charge is 2.19. The molecule has 3 aromatic rings. The van der Waals surface area contributed by atoms with Crippen molar-refractivity contribution in [3.8, 4) is 5.75 Å². The van der Waals surface area contributed by atoms with Gasteiger partial charge in [0.25, 0.3) is 5.56 Å². The molecular weight excluding hydrogens is 420 g/mol. The van der Waals surface area contributed by atoms with E-state index in [1.807, 2.05) is 31.2 Å². The van der Waals surface area contributed by atoms with Crippen molar-refractivity contribution in [2.45, 2.75) is 13.5 Å². The summed E-state index contributed by atoms with van der Waals surface area (Å²) < 4.78 is 10.6. The van der Waals surface area contributed by atoms with Crippen molar-refractivity contribution >= 4 is 22.6 Å². The molecule has 33 heavy (non-hydrogen) atoms. The van der Waals surface area contributed by atoms with Crippen LogP contribution in [-0.4, -0.2) is 67.3 Å². The number of aromatic amines is 1. The molecule has 4 rings (SSSR count). The van der Waals surface area contributed by atoms with Crippen LogP contribution < -0.4 is 15.6 Å². The Kier molecular flexibility index (Phi) is 7.26. The average Bonchev–Trinajstić information content (AvgIpc) is 2.83. The lowest BCUT2D eigenvalue weighted by Gasteiger charge is -2.30. The van der Waals surface area contributed by atoms with Gasteiger partial charge >= 0.3 is 6.03 Å². The zero-order valence-corrected chi connectivity index (χ0v) is 19.1. The van der Waals surface area contributed by atoms with Crippen LogP contribution in [0.4, 0.5) is 10.5 Å². The second kappa shape index (κ2) is 10.5. The van der Waals surface area contributed by atoms with Crippen LogP contribution in [0.3, 0.4) is 0 Å². The van der Waals surface area contributed by atoms with Gasteiger partial charge in [-0.1, -0.05) is 11.6 Å². The maximum atomic E-state index is 13.2. The number of pyridine rings is 1. The topological polar surface area (TPSA) is 86.9 Å². The predicted molar refractivity (Wildman–Crippen MR) is 129 cm³/mol. The first kappa shape index (κ1) is 22.8. The highest BCUT2D eigenvalue weighted by Crippen LogP contribution is 2.17. The molecule has 1 saturated heterocycles. The minimum absolute atomic E-state index is 0.181. The van der Waals surface area contributed by atoms with E-state index >= 15 is 0 Å². The first-order valence-corrected chi connectivity index (χ1v) is 11.1. The summed E-state index contributed by atoms with van der Waals surface area (Å²) in [5.41, 5.74) is 2.94. The Bertz CT molecular complexity index is 1150. The fourth-order valence-electron chi connectivity index (χ4n) is 3.91. The number of benzene rings is 2. The van der Waals surface area contributed by atoms with Crippen LogP contribution in [0.1, 0.15) is 11.1 Å². The summed E-state index contributed by atoms with van der Waals surface area (Å²) >= 11 is 0. The van der Waals surface area contributed by atoms with E-state index in [1.54, 1.807) is 36.3 Å². The number of H-pyrrole nitrogens is 1. The minimum Gasteiger partial charge on any atom is -0.497 e. The molecule has 0 radical (unpaired) electrons. The van der Waals surface area contributed by atoms with Gasteiger partial charge in [-0.3, -0.25) is 9.69 Å². The van der Waals surface area contributed by atoms with Gasteiger partial charge < -0.3 is 24.7 Å². The van der Waals surface area contributed by atoms with Gasteiger partial charge in [-0.2, -0.15) is 0 Å². The second-order valence-corrected chi connectivity index (χ2v) is 8.25. The Labute approximate surface area is 193 Å². The molecule has 8 heteroatoms. The minimum atomic E-state index is -0.253. The molecule has 1 aromatic heterocycles. The highest BCUT2D eigenvalue weighted by atomic mass is 16.5. The molecule has 2 heterocycles. The molecule has 1 aliphatic heterocycles. The van der Waals surface area contributed by atoms with Gasteiger partial charge in [-0.05, 0) is 54.8 Å². The van der Waals surface area contributed by atoms with E-state index in [-0.39, 0.29) is 18.1 Å². The van der Waals surface area contributed by atoms with E-state index in [1.165, 1.54) is 0 Å². The quantitative estimate of drug-likeness (QED) is 0.577. The van der Waals surface area contributed by atoms with Gasteiger partial charge in [0.2, 0.25) is 0 Å². The number of morpholine rings is 1. The van der Waals surface area contributed by atoms with Gasteiger partial charge in [0, 0.05) is 42.9 Å². The second-order valence-electron chi connectivity index (χ2n) is 8.25.